The van der Waals surface area contributed by atoms with E-state index in [2.05, 4.69) is 4.98 Å². The van der Waals surface area contributed by atoms with E-state index in [1.54, 1.807) is 37.2 Å². The summed E-state index contributed by atoms with van der Waals surface area (Å²) in [6.07, 6.45) is 5.21. The number of rotatable bonds is 9. The average Bonchev–Trinajstić information content (AvgIpc) is 3.27. The van der Waals surface area contributed by atoms with Crippen LogP contribution in [-0.2, 0) is 21.3 Å². The van der Waals surface area contributed by atoms with Crippen LogP contribution in [0.15, 0.2) is 47.6 Å². The zero-order valence-corrected chi connectivity index (χ0v) is 19.4. The fraction of sp³-hybridized carbons (Fsp3) is 0.455. The minimum absolute atomic E-state index is 0.0354. The summed E-state index contributed by atoms with van der Waals surface area (Å²) in [5, 5.41) is 0.0985. The summed E-state index contributed by atoms with van der Waals surface area (Å²) in [5.74, 6) is -0.271. The molecule has 0 N–H and O–H groups in total. The van der Waals surface area contributed by atoms with E-state index in [4.69, 9.17) is 16.3 Å². The van der Waals surface area contributed by atoms with Crippen LogP contribution < -0.4 is 0 Å². The van der Waals surface area contributed by atoms with Crippen LogP contribution in [0.25, 0.3) is 0 Å². The molecule has 2 aromatic rings. The molecule has 9 heteroatoms. The largest absolute Gasteiger partial charge is 0.376 e. The molecule has 0 saturated carbocycles. The molecule has 0 bridgehead atoms. The van der Waals surface area contributed by atoms with Gasteiger partial charge in [-0.3, -0.25) is 9.78 Å². The Bertz CT molecular complexity index is 991. The maximum absolute atomic E-state index is 13.4. The number of aromatic nitrogens is 1. The van der Waals surface area contributed by atoms with Crippen LogP contribution in [0.5, 0.6) is 0 Å². The van der Waals surface area contributed by atoms with E-state index >= 15 is 0 Å². The molecule has 168 valence electrons. The number of nitrogens with zero attached hydrogens (tertiary/aromatic N) is 3. The van der Waals surface area contributed by atoms with Crippen LogP contribution in [0.4, 0.5) is 0 Å². The molecule has 1 amide bonds. The van der Waals surface area contributed by atoms with Crippen molar-refractivity contribution in [2.24, 2.45) is 0 Å². The van der Waals surface area contributed by atoms with Gasteiger partial charge in [-0.05, 0) is 42.7 Å². The quantitative estimate of drug-likeness (QED) is 0.565. The number of sulfonamides is 1. The number of carbonyl (C=O) groups is 1. The second-order valence-electron chi connectivity index (χ2n) is 7.42. The molecular weight excluding hydrogens is 438 g/mol. The first kappa shape index (κ1) is 23.7. The van der Waals surface area contributed by atoms with E-state index in [9.17, 15) is 13.2 Å². The monoisotopic (exact) mass is 465 g/mol. The van der Waals surface area contributed by atoms with Crippen molar-refractivity contribution in [1.82, 2.24) is 14.2 Å². The van der Waals surface area contributed by atoms with Gasteiger partial charge in [-0.2, -0.15) is 4.31 Å². The number of ether oxygens (including phenoxy) is 1. The summed E-state index contributed by atoms with van der Waals surface area (Å²) in [6, 6.07) is 8.14. The molecule has 1 unspecified atom stereocenters. The lowest BCUT2D eigenvalue weighted by atomic mass is 10.1. The van der Waals surface area contributed by atoms with Gasteiger partial charge < -0.3 is 9.64 Å². The number of hydrogen-bond donors (Lipinski definition) is 0. The number of hydrogen-bond acceptors (Lipinski definition) is 5. The van der Waals surface area contributed by atoms with Gasteiger partial charge in [0.2, 0.25) is 10.0 Å². The second-order valence-corrected chi connectivity index (χ2v) is 9.73. The minimum atomic E-state index is -3.80. The molecule has 3 rings (SSSR count). The van der Waals surface area contributed by atoms with Crippen molar-refractivity contribution >= 4 is 27.5 Å². The molecule has 1 aromatic carbocycles. The lowest BCUT2D eigenvalue weighted by Gasteiger charge is -2.26. The van der Waals surface area contributed by atoms with Crippen LogP contribution in [0.2, 0.25) is 5.02 Å². The SMILES string of the molecule is CCN(CC)S(=O)(=O)c1cc(C(=O)N(Cc2cccnc2)CC2CCCO2)ccc1Cl. The maximum atomic E-state index is 13.4. The molecule has 31 heavy (non-hydrogen) atoms. The Balaban J connectivity index is 1.93. The van der Waals surface area contributed by atoms with Gasteiger partial charge in [-0.15, -0.1) is 0 Å². The normalized spacial score (nSPS) is 16.6. The van der Waals surface area contributed by atoms with Gasteiger partial charge in [0.25, 0.3) is 5.91 Å². The van der Waals surface area contributed by atoms with E-state index in [1.807, 2.05) is 12.1 Å². The first-order chi connectivity index (χ1) is 14.9. The molecule has 0 aliphatic carbocycles. The minimum Gasteiger partial charge on any atom is -0.376 e. The zero-order chi connectivity index (χ0) is 22.4. The van der Waals surface area contributed by atoms with E-state index < -0.39 is 10.0 Å². The van der Waals surface area contributed by atoms with E-state index in [0.29, 0.717) is 32.8 Å². The fourth-order valence-electron chi connectivity index (χ4n) is 3.68. The standard InChI is InChI=1S/C22H28ClN3O4S/c1-3-26(4-2)31(28,29)21-13-18(9-10-20(21)23)22(27)25(16-19-8-6-12-30-19)15-17-7-5-11-24-14-17/h5,7,9-11,13-14,19H,3-4,6,8,12,15-16H2,1-2H3. The Morgan fingerprint density at radius 1 is 1.26 bits per heavy atom. The highest BCUT2D eigenvalue weighted by atomic mass is 35.5. The van der Waals surface area contributed by atoms with Crippen molar-refractivity contribution in [3.63, 3.8) is 0 Å². The molecule has 1 saturated heterocycles. The van der Waals surface area contributed by atoms with Crippen LogP contribution in [-0.4, -0.2) is 60.9 Å². The Morgan fingerprint density at radius 2 is 2.03 bits per heavy atom. The van der Waals surface area contributed by atoms with Gasteiger partial charge in [0.1, 0.15) is 4.90 Å². The third kappa shape index (κ3) is 5.63. The zero-order valence-electron chi connectivity index (χ0n) is 17.8. The first-order valence-electron chi connectivity index (χ1n) is 10.5. The predicted molar refractivity (Wildman–Crippen MR) is 120 cm³/mol. The summed E-state index contributed by atoms with van der Waals surface area (Å²) in [6.45, 7) is 5.63. The number of amides is 1. The van der Waals surface area contributed by atoms with Crippen molar-refractivity contribution in [1.29, 1.82) is 0 Å². The van der Waals surface area contributed by atoms with E-state index in [0.717, 1.165) is 18.4 Å². The molecule has 7 nitrogen and oxygen atoms in total. The van der Waals surface area contributed by atoms with Gasteiger partial charge in [-0.25, -0.2) is 8.42 Å². The lowest BCUT2D eigenvalue weighted by Crippen LogP contribution is -2.37. The Kier molecular flexibility index (Phi) is 8.05. The molecule has 1 aliphatic rings. The summed E-state index contributed by atoms with van der Waals surface area (Å²) in [4.78, 5) is 19.2. The summed E-state index contributed by atoms with van der Waals surface area (Å²) >= 11 is 6.23. The number of halogens is 1. The highest BCUT2D eigenvalue weighted by Crippen LogP contribution is 2.27. The van der Waals surface area contributed by atoms with E-state index in [-0.39, 0.29) is 27.5 Å². The second kappa shape index (κ2) is 10.5. The van der Waals surface area contributed by atoms with Gasteiger partial charge >= 0.3 is 0 Å². The molecule has 1 aromatic heterocycles. The van der Waals surface area contributed by atoms with Crippen LogP contribution in [0.3, 0.4) is 0 Å². The van der Waals surface area contributed by atoms with E-state index in [1.165, 1.54) is 16.4 Å². The van der Waals surface area contributed by atoms with Crippen LogP contribution in [0, 0.1) is 0 Å². The molecular formula is C22H28ClN3O4S. The highest BCUT2D eigenvalue weighted by molar-refractivity contribution is 7.89. The number of carbonyl (C=O) groups excluding carboxylic acids is 1. The summed E-state index contributed by atoms with van der Waals surface area (Å²) in [7, 11) is -3.80. The van der Waals surface area contributed by atoms with Gasteiger partial charge in [0.15, 0.2) is 0 Å². The lowest BCUT2D eigenvalue weighted by molar-refractivity contribution is 0.0507. The Morgan fingerprint density at radius 3 is 2.65 bits per heavy atom. The summed E-state index contributed by atoms with van der Waals surface area (Å²) in [5.41, 5.74) is 1.16. The molecule has 2 heterocycles. The van der Waals surface area contributed by atoms with Gasteiger partial charge in [0.05, 0.1) is 11.1 Å². The average molecular weight is 466 g/mol. The Labute approximate surface area is 189 Å². The third-order valence-corrected chi connectivity index (χ3v) is 7.86. The third-order valence-electron chi connectivity index (χ3n) is 5.33. The van der Waals surface area contributed by atoms with Crippen LogP contribution in [0.1, 0.15) is 42.6 Å². The van der Waals surface area contributed by atoms with Crippen molar-refractivity contribution in [2.45, 2.75) is 44.2 Å². The smallest absolute Gasteiger partial charge is 0.254 e. The number of pyridine rings is 1. The van der Waals surface area contributed by atoms with Crippen molar-refractivity contribution in [3.05, 3.63) is 58.9 Å². The molecule has 1 fully saturated rings. The van der Waals surface area contributed by atoms with Crippen LogP contribution >= 0.6 is 11.6 Å². The topological polar surface area (TPSA) is 79.8 Å². The molecule has 1 aliphatic heterocycles. The highest BCUT2D eigenvalue weighted by Gasteiger charge is 2.28. The Hall–Kier alpha value is -2.00. The van der Waals surface area contributed by atoms with Crippen molar-refractivity contribution in [2.75, 3.05) is 26.2 Å². The van der Waals surface area contributed by atoms with Gasteiger partial charge in [0, 0.05) is 50.7 Å². The summed E-state index contributed by atoms with van der Waals surface area (Å²) < 4.78 is 33.1. The number of benzene rings is 1. The first-order valence-corrected chi connectivity index (χ1v) is 12.3. The molecule has 1 atom stereocenters. The van der Waals surface area contributed by atoms with Crippen molar-refractivity contribution in [3.8, 4) is 0 Å². The van der Waals surface area contributed by atoms with Gasteiger partial charge in [-0.1, -0.05) is 31.5 Å². The molecule has 0 spiro atoms. The predicted octanol–water partition coefficient (Wildman–Crippen LogP) is 3.59. The fourth-order valence-corrected chi connectivity index (χ4v) is 5.64. The van der Waals surface area contributed by atoms with Crippen molar-refractivity contribution < 1.29 is 17.9 Å². The molecule has 0 radical (unpaired) electrons. The maximum Gasteiger partial charge on any atom is 0.254 e.